The van der Waals surface area contributed by atoms with Crippen molar-refractivity contribution < 1.29 is 22.9 Å². The molecule has 0 aliphatic heterocycles. The first kappa shape index (κ1) is 19.2. The van der Waals surface area contributed by atoms with E-state index in [1.165, 1.54) is 12.1 Å². The molecule has 1 unspecified atom stereocenters. The largest absolute Gasteiger partial charge is 0.342 e. The standard InChI is InChI=1S/C17H19FNO5P/c1-3-23-25(22,24-4-2)17(13-9-6-5-7-10-13)14-11-8-12-15(18)16(14)19(20)21/h5-12,17H,3-4H2,1-2H3. The van der Waals surface area contributed by atoms with Crippen LogP contribution in [0.25, 0.3) is 0 Å². The van der Waals surface area contributed by atoms with Crippen molar-refractivity contribution in [3.63, 3.8) is 0 Å². The van der Waals surface area contributed by atoms with Crippen LogP contribution in [0, 0.1) is 15.9 Å². The summed E-state index contributed by atoms with van der Waals surface area (Å²) in [4.78, 5) is 10.6. The molecule has 134 valence electrons. The van der Waals surface area contributed by atoms with Gasteiger partial charge in [-0.15, -0.1) is 0 Å². The zero-order chi connectivity index (χ0) is 18.4. The number of para-hydroxylation sites is 1. The monoisotopic (exact) mass is 367 g/mol. The molecular weight excluding hydrogens is 348 g/mol. The molecule has 2 rings (SSSR count). The maximum atomic E-state index is 14.1. The molecule has 0 saturated carbocycles. The molecule has 0 aromatic heterocycles. The summed E-state index contributed by atoms with van der Waals surface area (Å²) in [6.07, 6.45) is 0. The van der Waals surface area contributed by atoms with Crippen LogP contribution in [0.15, 0.2) is 48.5 Å². The lowest BCUT2D eigenvalue weighted by molar-refractivity contribution is -0.388. The number of rotatable bonds is 8. The predicted molar refractivity (Wildman–Crippen MR) is 92.2 cm³/mol. The fourth-order valence-corrected chi connectivity index (χ4v) is 4.84. The van der Waals surface area contributed by atoms with Crippen molar-refractivity contribution in [1.29, 1.82) is 0 Å². The van der Waals surface area contributed by atoms with Crippen molar-refractivity contribution in [2.24, 2.45) is 0 Å². The van der Waals surface area contributed by atoms with Crippen LogP contribution in [0.2, 0.25) is 0 Å². The van der Waals surface area contributed by atoms with Crippen molar-refractivity contribution in [3.05, 3.63) is 75.6 Å². The topological polar surface area (TPSA) is 78.7 Å². The zero-order valence-electron chi connectivity index (χ0n) is 13.9. The summed E-state index contributed by atoms with van der Waals surface area (Å²) in [6.45, 7) is 3.47. The van der Waals surface area contributed by atoms with Crippen LogP contribution < -0.4 is 0 Å². The number of nitro groups is 1. The predicted octanol–water partition coefficient (Wildman–Crippen LogP) is 5.09. The number of hydrogen-bond acceptors (Lipinski definition) is 5. The Balaban J connectivity index is 2.76. The van der Waals surface area contributed by atoms with Crippen LogP contribution in [0.1, 0.15) is 30.6 Å². The van der Waals surface area contributed by atoms with Gasteiger partial charge in [-0.1, -0.05) is 42.5 Å². The fourth-order valence-electron chi connectivity index (χ4n) is 2.66. The van der Waals surface area contributed by atoms with Crippen LogP contribution in [-0.4, -0.2) is 18.1 Å². The van der Waals surface area contributed by atoms with E-state index in [0.717, 1.165) is 6.07 Å². The molecule has 25 heavy (non-hydrogen) atoms. The summed E-state index contributed by atoms with van der Waals surface area (Å²) < 4.78 is 38.3. The summed E-state index contributed by atoms with van der Waals surface area (Å²) in [7, 11) is -3.83. The smallest absolute Gasteiger partial charge is 0.308 e. The Morgan fingerprint density at radius 2 is 1.68 bits per heavy atom. The van der Waals surface area contributed by atoms with Crippen LogP contribution in [0.4, 0.5) is 10.1 Å². The Labute approximate surface area is 145 Å². The van der Waals surface area contributed by atoms with Crippen molar-refractivity contribution in [2.75, 3.05) is 13.2 Å². The number of halogens is 1. The van der Waals surface area contributed by atoms with E-state index in [-0.39, 0.29) is 18.8 Å². The van der Waals surface area contributed by atoms with E-state index in [4.69, 9.17) is 9.05 Å². The molecule has 2 aromatic carbocycles. The molecule has 0 bridgehead atoms. The SMILES string of the molecule is CCOP(=O)(OCC)C(c1ccccc1)c1cccc(F)c1[N+](=O)[O-]. The first-order valence-electron chi connectivity index (χ1n) is 7.81. The molecule has 2 aromatic rings. The second kappa shape index (κ2) is 8.34. The van der Waals surface area contributed by atoms with Gasteiger partial charge < -0.3 is 9.05 Å². The minimum atomic E-state index is -3.83. The quantitative estimate of drug-likeness (QED) is 0.369. The number of hydrogen-bond donors (Lipinski definition) is 0. The number of nitrogens with zero attached hydrogens (tertiary/aromatic N) is 1. The molecule has 0 N–H and O–H groups in total. The molecular formula is C17H19FNO5P. The van der Waals surface area contributed by atoms with Crippen molar-refractivity contribution >= 4 is 13.3 Å². The summed E-state index contributed by atoms with van der Waals surface area (Å²) in [6, 6.07) is 12.2. The van der Waals surface area contributed by atoms with E-state index in [2.05, 4.69) is 0 Å². The van der Waals surface area contributed by atoms with Gasteiger partial charge in [0.25, 0.3) is 0 Å². The first-order chi connectivity index (χ1) is 11.9. The van der Waals surface area contributed by atoms with Crippen LogP contribution in [0.5, 0.6) is 0 Å². The molecule has 0 heterocycles. The molecule has 1 atom stereocenters. The van der Waals surface area contributed by atoms with E-state index in [1.54, 1.807) is 44.2 Å². The van der Waals surface area contributed by atoms with Crippen molar-refractivity contribution in [2.45, 2.75) is 19.5 Å². The number of nitro benzene ring substituents is 1. The maximum absolute atomic E-state index is 14.1. The maximum Gasteiger partial charge on any atom is 0.342 e. The van der Waals surface area contributed by atoms with Crippen molar-refractivity contribution in [3.8, 4) is 0 Å². The van der Waals surface area contributed by atoms with Crippen LogP contribution in [-0.2, 0) is 13.6 Å². The lowest BCUT2D eigenvalue weighted by Gasteiger charge is -2.26. The van der Waals surface area contributed by atoms with Gasteiger partial charge in [0, 0.05) is 0 Å². The van der Waals surface area contributed by atoms with Gasteiger partial charge in [-0.2, -0.15) is 4.39 Å². The lowest BCUT2D eigenvalue weighted by Crippen LogP contribution is -2.11. The van der Waals surface area contributed by atoms with E-state index in [0.29, 0.717) is 5.56 Å². The average Bonchev–Trinajstić information content (AvgIpc) is 2.56. The average molecular weight is 367 g/mol. The van der Waals surface area contributed by atoms with Gasteiger partial charge in [0.05, 0.1) is 23.7 Å². The van der Waals surface area contributed by atoms with E-state index in [9.17, 15) is 19.1 Å². The minimum absolute atomic E-state index is 0.0403. The highest BCUT2D eigenvalue weighted by molar-refractivity contribution is 7.54. The normalized spacial score (nSPS) is 12.8. The zero-order valence-corrected chi connectivity index (χ0v) is 14.8. The molecule has 0 aliphatic rings. The van der Waals surface area contributed by atoms with Gasteiger partial charge in [-0.3, -0.25) is 14.7 Å². The lowest BCUT2D eigenvalue weighted by atomic mass is 10.0. The fraction of sp³-hybridized carbons (Fsp3) is 0.294. The van der Waals surface area contributed by atoms with Crippen molar-refractivity contribution in [1.82, 2.24) is 0 Å². The van der Waals surface area contributed by atoms with Gasteiger partial charge in [0.2, 0.25) is 5.82 Å². The molecule has 0 fully saturated rings. The van der Waals surface area contributed by atoms with E-state index < -0.39 is 29.7 Å². The summed E-state index contributed by atoms with van der Waals surface area (Å²) in [5.41, 5.74) is -1.39. The second-order valence-corrected chi connectivity index (χ2v) is 7.24. The number of benzene rings is 2. The van der Waals surface area contributed by atoms with E-state index >= 15 is 0 Å². The third-order valence-corrected chi connectivity index (χ3v) is 5.99. The summed E-state index contributed by atoms with van der Waals surface area (Å²) in [5, 5.41) is 11.4. The van der Waals surface area contributed by atoms with Gasteiger partial charge in [-0.25, -0.2) is 0 Å². The van der Waals surface area contributed by atoms with Gasteiger partial charge in [-0.05, 0) is 25.5 Å². The van der Waals surface area contributed by atoms with Gasteiger partial charge in [0.1, 0.15) is 5.66 Å². The minimum Gasteiger partial charge on any atom is -0.308 e. The third-order valence-electron chi connectivity index (χ3n) is 3.54. The molecule has 0 saturated heterocycles. The molecule has 0 radical (unpaired) electrons. The second-order valence-electron chi connectivity index (χ2n) is 5.12. The highest BCUT2D eigenvalue weighted by Gasteiger charge is 2.42. The molecule has 0 spiro atoms. The first-order valence-corrected chi connectivity index (χ1v) is 9.42. The molecule has 0 amide bonds. The summed E-state index contributed by atoms with van der Waals surface area (Å²) >= 11 is 0. The van der Waals surface area contributed by atoms with E-state index in [1.807, 2.05) is 0 Å². The third kappa shape index (κ3) is 4.12. The Morgan fingerprint density at radius 3 is 2.20 bits per heavy atom. The molecule has 8 heteroatoms. The van der Waals surface area contributed by atoms with Crippen LogP contribution >= 0.6 is 7.60 Å². The van der Waals surface area contributed by atoms with Crippen LogP contribution in [0.3, 0.4) is 0 Å². The highest BCUT2D eigenvalue weighted by Crippen LogP contribution is 2.64. The highest BCUT2D eigenvalue weighted by atomic mass is 31.2. The Kier molecular flexibility index (Phi) is 6.42. The van der Waals surface area contributed by atoms with Gasteiger partial charge >= 0.3 is 13.3 Å². The van der Waals surface area contributed by atoms with Gasteiger partial charge in [0.15, 0.2) is 0 Å². The molecule has 0 aliphatic carbocycles. The molecule has 6 nitrogen and oxygen atoms in total. The Morgan fingerprint density at radius 1 is 1.08 bits per heavy atom. The Bertz CT molecular complexity index is 774. The summed E-state index contributed by atoms with van der Waals surface area (Å²) in [5.74, 6) is -0.997. The Hall–Kier alpha value is -2.08.